The molecule has 54 valence electrons. The summed E-state index contributed by atoms with van der Waals surface area (Å²) in [5.74, 6) is 1.69. The molecule has 1 aliphatic rings. The summed E-state index contributed by atoms with van der Waals surface area (Å²) in [6, 6.07) is 0.495. The zero-order chi connectivity index (χ0) is 6.85. The van der Waals surface area contributed by atoms with E-state index in [0.717, 1.165) is 11.8 Å². The van der Waals surface area contributed by atoms with Crippen molar-refractivity contribution in [2.45, 2.75) is 39.2 Å². The standard InChI is InChI=1S/C8H17N/c1-3-7-4-5-8(9)6(7)2/h6-8H,3-5,9H2,1-2H3/t6?,7-,8-/m0/s1. The molecule has 0 aromatic heterocycles. The van der Waals surface area contributed by atoms with E-state index in [1.807, 2.05) is 0 Å². The molecule has 0 heterocycles. The van der Waals surface area contributed by atoms with Crippen molar-refractivity contribution in [3.8, 4) is 0 Å². The molecule has 0 aliphatic heterocycles. The Morgan fingerprint density at radius 1 is 1.44 bits per heavy atom. The normalized spacial score (nSPS) is 43.7. The third kappa shape index (κ3) is 1.26. The van der Waals surface area contributed by atoms with E-state index in [-0.39, 0.29) is 0 Å². The molecule has 0 saturated heterocycles. The first kappa shape index (κ1) is 7.07. The van der Waals surface area contributed by atoms with E-state index in [1.165, 1.54) is 19.3 Å². The largest absolute Gasteiger partial charge is 0.327 e. The molecule has 1 heteroatoms. The van der Waals surface area contributed by atoms with Crippen LogP contribution < -0.4 is 5.73 Å². The molecule has 0 aromatic rings. The molecule has 1 aliphatic carbocycles. The van der Waals surface area contributed by atoms with E-state index in [0.29, 0.717) is 6.04 Å². The van der Waals surface area contributed by atoms with Gasteiger partial charge in [0.05, 0.1) is 0 Å². The van der Waals surface area contributed by atoms with Crippen molar-refractivity contribution < 1.29 is 0 Å². The maximum atomic E-state index is 5.84. The summed E-state index contributed by atoms with van der Waals surface area (Å²) in [5.41, 5.74) is 5.84. The number of rotatable bonds is 1. The van der Waals surface area contributed by atoms with Crippen molar-refractivity contribution in [3.05, 3.63) is 0 Å². The van der Waals surface area contributed by atoms with Gasteiger partial charge in [0.1, 0.15) is 0 Å². The first-order valence-corrected chi connectivity index (χ1v) is 4.01. The second-order valence-corrected chi connectivity index (χ2v) is 3.27. The number of nitrogens with two attached hydrogens (primary N) is 1. The molecule has 1 saturated carbocycles. The minimum absolute atomic E-state index is 0.495. The van der Waals surface area contributed by atoms with Crippen LogP contribution in [0.3, 0.4) is 0 Å². The average Bonchev–Trinajstić information content (AvgIpc) is 2.15. The van der Waals surface area contributed by atoms with Crippen LogP contribution in [0, 0.1) is 11.8 Å². The molecule has 9 heavy (non-hydrogen) atoms. The van der Waals surface area contributed by atoms with Gasteiger partial charge in [-0.15, -0.1) is 0 Å². The molecule has 0 radical (unpaired) electrons. The summed E-state index contributed by atoms with van der Waals surface area (Å²) in [7, 11) is 0. The molecule has 3 atom stereocenters. The summed E-state index contributed by atoms with van der Waals surface area (Å²) < 4.78 is 0. The van der Waals surface area contributed by atoms with Crippen molar-refractivity contribution in [2.75, 3.05) is 0 Å². The fraction of sp³-hybridized carbons (Fsp3) is 1.00. The Bertz CT molecular complexity index is 90.6. The predicted molar refractivity (Wildman–Crippen MR) is 40.2 cm³/mol. The highest BCUT2D eigenvalue weighted by atomic mass is 14.7. The third-order valence-electron chi connectivity index (χ3n) is 2.81. The lowest BCUT2D eigenvalue weighted by Crippen LogP contribution is -2.24. The Hall–Kier alpha value is -0.0400. The fourth-order valence-corrected chi connectivity index (χ4v) is 1.86. The van der Waals surface area contributed by atoms with E-state index in [4.69, 9.17) is 5.73 Å². The summed E-state index contributed by atoms with van der Waals surface area (Å²) in [4.78, 5) is 0. The van der Waals surface area contributed by atoms with Crippen LogP contribution in [0.15, 0.2) is 0 Å². The SMILES string of the molecule is CC[C@H]1CC[C@H](N)C1C. The van der Waals surface area contributed by atoms with Crippen molar-refractivity contribution in [1.82, 2.24) is 0 Å². The summed E-state index contributed by atoms with van der Waals surface area (Å²) in [6.07, 6.45) is 3.92. The quantitative estimate of drug-likeness (QED) is 0.570. The first-order chi connectivity index (χ1) is 4.25. The Labute approximate surface area is 57.6 Å². The molecule has 0 aromatic carbocycles. The second-order valence-electron chi connectivity index (χ2n) is 3.27. The molecule has 0 spiro atoms. The van der Waals surface area contributed by atoms with E-state index < -0.39 is 0 Å². The minimum atomic E-state index is 0.495. The highest BCUT2D eigenvalue weighted by Gasteiger charge is 2.28. The topological polar surface area (TPSA) is 26.0 Å². The van der Waals surface area contributed by atoms with Gasteiger partial charge in [-0.05, 0) is 24.7 Å². The van der Waals surface area contributed by atoms with Gasteiger partial charge < -0.3 is 5.73 Å². The van der Waals surface area contributed by atoms with Crippen LogP contribution in [0.4, 0.5) is 0 Å². The van der Waals surface area contributed by atoms with Gasteiger partial charge in [0.25, 0.3) is 0 Å². The summed E-state index contributed by atoms with van der Waals surface area (Å²) >= 11 is 0. The van der Waals surface area contributed by atoms with E-state index in [1.54, 1.807) is 0 Å². The average molecular weight is 127 g/mol. The highest BCUT2D eigenvalue weighted by molar-refractivity contribution is 4.83. The number of hydrogen-bond donors (Lipinski definition) is 1. The van der Waals surface area contributed by atoms with Crippen LogP contribution in [-0.2, 0) is 0 Å². The van der Waals surface area contributed by atoms with Crippen LogP contribution in [-0.4, -0.2) is 6.04 Å². The molecule has 0 amide bonds. The van der Waals surface area contributed by atoms with Crippen LogP contribution >= 0.6 is 0 Å². The van der Waals surface area contributed by atoms with Gasteiger partial charge >= 0.3 is 0 Å². The smallest absolute Gasteiger partial charge is 0.00672 e. The molecular formula is C8H17N. The summed E-state index contributed by atoms with van der Waals surface area (Å²) in [6.45, 7) is 4.55. The van der Waals surface area contributed by atoms with Crippen LogP contribution in [0.2, 0.25) is 0 Å². The lowest BCUT2D eigenvalue weighted by atomic mass is 9.94. The van der Waals surface area contributed by atoms with Crippen molar-refractivity contribution in [2.24, 2.45) is 17.6 Å². The van der Waals surface area contributed by atoms with Crippen molar-refractivity contribution >= 4 is 0 Å². The number of hydrogen-bond acceptors (Lipinski definition) is 1. The first-order valence-electron chi connectivity index (χ1n) is 4.01. The van der Waals surface area contributed by atoms with Gasteiger partial charge in [-0.3, -0.25) is 0 Å². The molecule has 1 rings (SSSR count). The Morgan fingerprint density at radius 2 is 2.11 bits per heavy atom. The minimum Gasteiger partial charge on any atom is -0.327 e. The third-order valence-corrected chi connectivity index (χ3v) is 2.81. The summed E-state index contributed by atoms with van der Waals surface area (Å²) in [5, 5.41) is 0. The van der Waals surface area contributed by atoms with Crippen molar-refractivity contribution in [3.63, 3.8) is 0 Å². The van der Waals surface area contributed by atoms with Crippen LogP contribution in [0.1, 0.15) is 33.1 Å². The highest BCUT2D eigenvalue weighted by Crippen LogP contribution is 2.32. The Balaban J connectivity index is 2.41. The van der Waals surface area contributed by atoms with Crippen LogP contribution in [0.25, 0.3) is 0 Å². The van der Waals surface area contributed by atoms with Gasteiger partial charge in [0.15, 0.2) is 0 Å². The predicted octanol–water partition coefficient (Wildman–Crippen LogP) is 1.77. The lowest BCUT2D eigenvalue weighted by Gasteiger charge is -2.15. The molecule has 2 N–H and O–H groups in total. The van der Waals surface area contributed by atoms with Gasteiger partial charge in [0, 0.05) is 6.04 Å². The molecule has 1 unspecified atom stereocenters. The molecule has 1 fully saturated rings. The van der Waals surface area contributed by atoms with Gasteiger partial charge in [-0.25, -0.2) is 0 Å². The van der Waals surface area contributed by atoms with E-state index in [2.05, 4.69) is 13.8 Å². The molecular weight excluding hydrogens is 110 g/mol. The zero-order valence-electron chi connectivity index (χ0n) is 6.43. The van der Waals surface area contributed by atoms with Gasteiger partial charge in [0.2, 0.25) is 0 Å². The Kier molecular flexibility index (Phi) is 2.12. The maximum Gasteiger partial charge on any atom is 0.00672 e. The monoisotopic (exact) mass is 127 g/mol. The Morgan fingerprint density at radius 3 is 2.33 bits per heavy atom. The van der Waals surface area contributed by atoms with Crippen LogP contribution in [0.5, 0.6) is 0 Å². The second kappa shape index (κ2) is 2.70. The van der Waals surface area contributed by atoms with Crippen molar-refractivity contribution in [1.29, 1.82) is 0 Å². The molecule has 1 nitrogen and oxygen atoms in total. The van der Waals surface area contributed by atoms with E-state index >= 15 is 0 Å². The fourth-order valence-electron chi connectivity index (χ4n) is 1.86. The molecule has 0 bridgehead atoms. The van der Waals surface area contributed by atoms with E-state index in [9.17, 15) is 0 Å². The lowest BCUT2D eigenvalue weighted by molar-refractivity contribution is 0.382. The van der Waals surface area contributed by atoms with Gasteiger partial charge in [-0.2, -0.15) is 0 Å². The maximum absolute atomic E-state index is 5.84. The van der Waals surface area contributed by atoms with Gasteiger partial charge in [-0.1, -0.05) is 20.3 Å². The zero-order valence-corrected chi connectivity index (χ0v) is 6.43.